The molecule has 1 saturated carbocycles. The second-order valence-electron chi connectivity index (χ2n) is 5.33. The van der Waals surface area contributed by atoms with Crippen LogP contribution in [0.3, 0.4) is 0 Å². The summed E-state index contributed by atoms with van der Waals surface area (Å²) in [5.74, 6) is 0.409. The van der Waals surface area contributed by atoms with E-state index in [1.165, 1.54) is 18.2 Å². The van der Waals surface area contributed by atoms with Crippen LogP contribution in [0.2, 0.25) is 0 Å². The summed E-state index contributed by atoms with van der Waals surface area (Å²) in [5.41, 5.74) is 0.598. The van der Waals surface area contributed by atoms with E-state index in [1.54, 1.807) is 0 Å². The second kappa shape index (κ2) is 4.03. The molecular formula is C13H16FNO2S. The Morgan fingerprint density at radius 1 is 1.39 bits per heavy atom. The molecule has 98 valence electrons. The molecule has 18 heavy (non-hydrogen) atoms. The van der Waals surface area contributed by atoms with Crippen LogP contribution in [0.5, 0.6) is 0 Å². The first-order valence-corrected chi connectivity index (χ1v) is 7.91. The number of nitrogens with one attached hydrogen (secondary N) is 1. The van der Waals surface area contributed by atoms with Crippen molar-refractivity contribution in [1.29, 1.82) is 0 Å². The van der Waals surface area contributed by atoms with Crippen LogP contribution in [0.15, 0.2) is 23.1 Å². The quantitative estimate of drug-likeness (QED) is 0.836. The fourth-order valence-electron chi connectivity index (χ4n) is 2.60. The number of hydrogen-bond acceptors (Lipinski definition) is 3. The standard InChI is InChI=1S/C13H16FNO2S/c1-8-6-12(8)15-11-4-5-18(16,17)13-3-2-9(14)7-10(11)13/h2-3,7-8,11-12,15H,4-6H2,1H3. The third-order valence-corrected chi connectivity index (χ3v) is 5.70. The molecule has 0 spiro atoms. The maximum absolute atomic E-state index is 13.3. The molecule has 0 saturated heterocycles. The van der Waals surface area contributed by atoms with Gasteiger partial charge in [-0.1, -0.05) is 6.92 Å². The molecule has 5 heteroatoms. The van der Waals surface area contributed by atoms with Crippen molar-refractivity contribution >= 4 is 9.84 Å². The van der Waals surface area contributed by atoms with Crippen LogP contribution in [0.25, 0.3) is 0 Å². The molecule has 0 amide bonds. The van der Waals surface area contributed by atoms with Crippen molar-refractivity contribution in [2.24, 2.45) is 5.92 Å². The van der Waals surface area contributed by atoms with Gasteiger partial charge < -0.3 is 5.32 Å². The summed E-state index contributed by atoms with van der Waals surface area (Å²) in [6.07, 6.45) is 1.65. The van der Waals surface area contributed by atoms with Crippen molar-refractivity contribution in [2.45, 2.75) is 36.7 Å². The predicted octanol–water partition coefficient (Wildman–Crippen LogP) is 2.04. The van der Waals surface area contributed by atoms with Gasteiger partial charge in [-0.25, -0.2) is 12.8 Å². The van der Waals surface area contributed by atoms with Gasteiger partial charge in [-0.05, 0) is 42.5 Å². The van der Waals surface area contributed by atoms with Gasteiger partial charge in [-0.3, -0.25) is 0 Å². The molecule has 0 bridgehead atoms. The minimum atomic E-state index is -3.23. The van der Waals surface area contributed by atoms with Gasteiger partial charge in [-0.2, -0.15) is 0 Å². The fourth-order valence-corrected chi connectivity index (χ4v) is 4.20. The Kier molecular flexibility index (Phi) is 2.71. The highest BCUT2D eigenvalue weighted by atomic mass is 32.2. The van der Waals surface area contributed by atoms with Gasteiger partial charge in [0.15, 0.2) is 9.84 Å². The molecule has 1 N–H and O–H groups in total. The van der Waals surface area contributed by atoms with Crippen LogP contribution in [0, 0.1) is 11.7 Å². The maximum Gasteiger partial charge on any atom is 0.178 e. The summed E-state index contributed by atoms with van der Waals surface area (Å²) in [4.78, 5) is 0.293. The number of halogens is 1. The Morgan fingerprint density at radius 2 is 2.11 bits per heavy atom. The highest BCUT2D eigenvalue weighted by Crippen LogP contribution is 2.37. The summed E-state index contributed by atoms with van der Waals surface area (Å²) in [6, 6.07) is 4.39. The Morgan fingerprint density at radius 3 is 2.78 bits per heavy atom. The van der Waals surface area contributed by atoms with Crippen molar-refractivity contribution < 1.29 is 12.8 Å². The SMILES string of the molecule is CC1CC1NC1CCS(=O)(=O)c2ccc(F)cc21. The van der Waals surface area contributed by atoms with Gasteiger partial charge in [0.05, 0.1) is 10.6 Å². The van der Waals surface area contributed by atoms with E-state index in [0.717, 1.165) is 6.42 Å². The van der Waals surface area contributed by atoms with Gasteiger partial charge in [0.2, 0.25) is 0 Å². The molecule has 1 fully saturated rings. The number of fused-ring (bicyclic) bond motifs is 1. The van der Waals surface area contributed by atoms with E-state index >= 15 is 0 Å². The van der Waals surface area contributed by atoms with Gasteiger partial charge in [-0.15, -0.1) is 0 Å². The van der Waals surface area contributed by atoms with Crippen molar-refractivity contribution in [3.05, 3.63) is 29.6 Å². The zero-order valence-electron chi connectivity index (χ0n) is 10.2. The summed E-state index contributed by atoms with van der Waals surface area (Å²) < 4.78 is 37.2. The molecule has 2 aliphatic rings. The summed E-state index contributed by atoms with van der Waals surface area (Å²) in [5, 5.41) is 3.43. The molecular weight excluding hydrogens is 253 g/mol. The van der Waals surface area contributed by atoms with Crippen LogP contribution in [0.1, 0.15) is 31.4 Å². The van der Waals surface area contributed by atoms with Crippen molar-refractivity contribution in [2.75, 3.05) is 5.75 Å². The first-order valence-electron chi connectivity index (χ1n) is 6.25. The molecule has 0 radical (unpaired) electrons. The fraction of sp³-hybridized carbons (Fsp3) is 0.538. The molecule has 3 unspecified atom stereocenters. The van der Waals surface area contributed by atoms with Gasteiger partial charge >= 0.3 is 0 Å². The third kappa shape index (κ3) is 2.06. The lowest BCUT2D eigenvalue weighted by Gasteiger charge is -2.26. The minimum Gasteiger partial charge on any atom is -0.307 e. The normalized spacial score (nSPS) is 32.9. The molecule has 3 nitrogen and oxygen atoms in total. The first kappa shape index (κ1) is 12.1. The van der Waals surface area contributed by atoms with Crippen LogP contribution in [-0.4, -0.2) is 20.2 Å². The highest BCUT2D eigenvalue weighted by Gasteiger charge is 2.38. The van der Waals surface area contributed by atoms with Crippen molar-refractivity contribution in [3.8, 4) is 0 Å². The second-order valence-corrected chi connectivity index (χ2v) is 7.41. The lowest BCUT2D eigenvalue weighted by molar-refractivity contribution is 0.475. The van der Waals surface area contributed by atoms with E-state index < -0.39 is 9.84 Å². The van der Waals surface area contributed by atoms with E-state index in [4.69, 9.17) is 0 Å². The lowest BCUT2D eigenvalue weighted by Crippen LogP contribution is -2.31. The Balaban J connectivity index is 1.98. The molecule has 1 heterocycles. The average molecular weight is 269 g/mol. The van der Waals surface area contributed by atoms with Crippen LogP contribution < -0.4 is 5.32 Å². The summed E-state index contributed by atoms with van der Waals surface area (Å²) in [6.45, 7) is 2.16. The number of benzene rings is 1. The zero-order valence-corrected chi connectivity index (χ0v) is 11.0. The van der Waals surface area contributed by atoms with Gasteiger partial charge in [0.25, 0.3) is 0 Å². The smallest absolute Gasteiger partial charge is 0.178 e. The van der Waals surface area contributed by atoms with E-state index in [9.17, 15) is 12.8 Å². The van der Waals surface area contributed by atoms with Crippen LogP contribution >= 0.6 is 0 Å². The molecule has 1 aliphatic carbocycles. The Labute approximate surface area is 106 Å². The van der Waals surface area contributed by atoms with Crippen LogP contribution in [-0.2, 0) is 9.84 Å². The Hall–Kier alpha value is -0.940. The van der Waals surface area contributed by atoms with Crippen LogP contribution in [0.4, 0.5) is 4.39 Å². The van der Waals surface area contributed by atoms with Gasteiger partial charge in [0.1, 0.15) is 5.82 Å². The zero-order chi connectivity index (χ0) is 12.9. The van der Waals surface area contributed by atoms with Crippen molar-refractivity contribution in [3.63, 3.8) is 0 Å². The topological polar surface area (TPSA) is 46.2 Å². The predicted molar refractivity (Wildman–Crippen MR) is 66.5 cm³/mol. The van der Waals surface area contributed by atoms with E-state index in [2.05, 4.69) is 12.2 Å². The van der Waals surface area contributed by atoms with E-state index in [1.807, 2.05) is 0 Å². The highest BCUT2D eigenvalue weighted by molar-refractivity contribution is 7.91. The first-order chi connectivity index (χ1) is 8.47. The van der Waals surface area contributed by atoms with Gasteiger partial charge in [0, 0.05) is 12.1 Å². The third-order valence-electron chi connectivity index (χ3n) is 3.88. The summed E-state index contributed by atoms with van der Waals surface area (Å²) in [7, 11) is -3.23. The lowest BCUT2D eigenvalue weighted by atomic mass is 10.0. The number of hydrogen-bond donors (Lipinski definition) is 1. The minimum absolute atomic E-state index is 0.0332. The largest absolute Gasteiger partial charge is 0.307 e. The average Bonchev–Trinajstić information content (AvgIpc) is 2.98. The molecule has 0 aromatic heterocycles. The monoisotopic (exact) mass is 269 g/mol. The molecule has 3 rings (SSSR count). The molecule has 1 aromatic rings. The maximum atomic E-state index is 13.3. The number of rotatable bonds is 2. The molecule has 1 aromatic carbocycles. The molecule has 3 atom stereocenters. The molecule has 1 aliphatic heterocycles. The van der Waals surface area contributed by atoms with Crippen molar-refractivity contribution in [1.82, 2.24) is 5.32 Å². The number of sulfone groups is 1. The van der Waals surface area contributed by atoms with E-state index in [-0.39, 0.29) is 17.6 Å². The Bertz CT molecular complexity index is 585. The van der Waals surface area contributed by atoms with E-state index in [0.29, 0.717) is 28.8 Å². The summed E-state index contributed by atoms with van der Waals surface area (Å²) >= 11 is 0.